The Bertz CT molecular complexity index is 1580. The number of carbonyl (C=O) groups is 1. The third kappa shape index (κ3) is 7.54. The van der Waals surface area contributed by atoms with Gasteiger partial charge in [0, 0.05) is 41.4 Å². The topological polar surface area (TPSA) is 190 Å². The van der Waals surface area contributed by atoms with Crippen molar-refractivity contribution >= 4 is 11.8 Å². The van der Waals surface area contributed by atoms with E-state index in [1.54, 1.807) is 30.3 Å². The SMILES string of the molecule is C=CCNNC(=O)[C@@]1(Cc2ccccc2CN=[N+]=[N-])N=C(c2ccc(OCCCO)cc2)O[C@H]1c1ccccc1CN=[N+]=[N-]. The molecule has 0 saturated heterocycles. The van der Waals surface area contributed by atoms with E-state index < -0.39 is 17.6 Å². The number of azide groups is 2. The molecule has 0 spiro atoms. The molecule has 0 aromatic heterocycles. The van der Waals surface area contributed by atoms with Crippen LogP contribution in [0.1, 0.15) is 40.3 Å². The summed E-state index contributed by atoms with van der Waals surface area (Å²) in [5.74, 6) is 0.393. The number of nitrogens with zero attached hydrogens (tertiary/aromatic N) is 7. The molecule has 2 atom stereocenters. The summed E-state index contributed by atoms with van der Waals surface area (Å²) in [4.78, 5) is 25.1. The highest BCUT2D eigenvalue weighted by Crippen LogP contribution is 2.44. The van der Waals surface area contributed by atoms with E-state index in [9.17, 15) is 4.79 Å². The zero-order valence-electron chi connectivity index (χ0n) is 24.0. The summed E-state index contributed by atoms with van der Waals surface area (Å²) in [6.07, 6.45) is 1.28. The maximum atomic E-state index is 14.3. The molecule has 3 N–H and O–H groups in total. The number of nitrogens with one attached hydrogen (secondary N) is 2. The van der Waals surface area contributed by atoms with E-state index >= 15 is 0 Å². The average molecular weight is 596 g/mol. The largest absolute Gasteiger partial charge is 0.494 e. The Kier molecular flexibility index (Phi) is 11.3. The van der Waals surface area contributed by atoms with E-state index in [1.165, 1.54) is 0 Å². The number of amides is 1. The van der Waals surface area contributed by atoms with Gasteiger partial charge in [0.2, 0.25) is 5.90 Å². The van der Waals surface area contributed by atoms with Crippen molar-refractivity contribution in [2.24, 2.45) is 15.2 Å². The lowest BCUT2D eigenvalue weighted by Gasteiger charge is -2.32. The molecule has 0 aliphatic carbocycles. The number of aliphatic hydroxyl groups excluding tert-OH is 1. The molecule has 0 radical (unpaired) electrons. The molecular formula is C31H33N9O4. The molecule has 44 heavy (non-hydrogen) atoms. The van der Waals surface area contributed by atoms with Crippen molar-refractivity contribution in [3.63, 3.8) is 0 Å². The Morgan fingerprint density at radius 3 is 2.36 bits per heavy atom. The van der Waals surface area contributed by atoms with Crippen LogP contribution >= 0.6 is 0 Å². The third-order valence-corrected chi connectivity index (χ3v) is 7.00. The lowest BCUT2D eigenvalue weighted by molar-refractivity contribution is -0.129. The summed E-state index contributed by atoms with van der Waals surface area (Å²) in [6.45, 7) is 4.54. The van der Waals surface area contributed by atoms with Crippen molar-refractivity contribution in [3.8, 4) is 5.75 Å². The van der Waals surface area contributed by atoms with E-state index in [4.69, 9.17) is 30.6 Å². The van der Waals surface area contributed by atoms with Gasteiger partial charge in [-0.15, -0.1) is 6.58 Å². The van der Waals surface area contributed by atoms with Crippen LogP contribution in [0.3, 0.4) is 0 Å². The Balaban J connectivity index is 1.87. The van der Waals surface area contributed by atoms with E-state index in [0.717, 1.165) is 11.1 Å². The second-order valence-corrected chi connectivity index (χ2v) is 9.84. The number of aliphatic hydroxyl groups is 1. The predicted molar refractivity (Wildman–Crippen MR) is 165 cm³/mol. The van der Waals surface area contributed by atoms with Crippen LogP contribution in [0.25, 0.3) is 20.9 Å². The lowest BCUT2D eigenvalue weighted by atomic mass is 9.80. The number of rotatable bonds is 16. The molecule has 1 aliphatic heterocycles. The van der Waals surface area contributed by atoms with Gasteiger partial charge in [0.1, 0.15) is 5.75 Å². The normalized spacial score (nSPS) is 16.9. The third-order valence-electron chi connectivity index (χ3n) is 7.00. The van der Waals surface area contributed by atoms with E-state index in [2.05, 4.69) is 37.5 Å². The van der Waals surface area contributed by atoms with Gasteiger partial charge in [-0.1, -0.05) is 64.8 Å². The minimum atomic E-state index is -1.54. The second-order valence-electron chi connectivity index (χ2n) is 9.84. The number of hydrazine groups is 1. The van der Waals surface area contributed by atoms with Crippen LogP contribution in [0.2, 0.25) is 0 Å². The molecule has 0 fully saturated rings. The first-order valence-electron chi connectivity index (χ1n) is 14.0. The first kappa shape index (κ1) is 31.6. The smallest absolute Gasteiger partial charge is 0.266 e. The van der Waals surface area contributed by atoms with Crippen LogP contribution in [-0.2, 0) is 29.0 Å². The number of benzene rings is 3. The average Bonchev–Trinajstić information content (AvgIpc) is 3.44. The van der Waals surface area contributed by atoms with Gasteiger partial charge in [-0.3, -0.25) is 10.2 Å². The van der Waals surface area contributed by atoms with Gasteiger partial charge in [0.05, 0.1) is 19.7 Å². The lowest BCUT2D eigenvalue weighted by Crippen LogP contribution is -2.54. The molecule has 0 unspecified atom stereocenters. The first-order valence-corrected chi connectivity index (χ1v) is 14.0. The number of hydrogen-bond acceptors (Lipinski definition) is 8. The molecule has 0 saturated carbocycles. The first-order chi connectivity index (χ1) is 21.6. The van der Waals surface area contributed by atoms with Gasteiger partial charge in [0.25, 0.3) is 5.91 Å². The van der Waals surface area contributed by atoms with Crippen LogP contribution < -0.4 is 15.6 Å². The summed E-state index contributed by atoms with van der Waals surface area (Å²) in [5, 5.41) is 16.6. The Hall–Kier alpha value is -5.32. The fourth-order valence-electron chi connectivity index (χ4n) is 4.90. The Labute approximate surface area is 254 Å². The Morgan fingerprint density at radius 2 is 1.68 bits per heavy atom. The molecule has 3 aromatic rings. The summed E-state index contributed by atoms with van der Waals surface area (Å²) in [5.41, 5.74) is 25.5. The number of hydrogen-bond donors (Lipinski definition) is 3. The molecule has 1 amide bonds. The zero-order valence-corrected chi connectivity index (χ0v) is 24.0. The Morgan fingerprint density at radius 1 is 1.02 bits per heavy atom. The van der Waals surface area contributed by atoms with E-state index in [0.29, 0.717) is 42.0 Å². The highest BCUT2D eigenvalue weighted by Gasteiger charge is 2.54. The summed E-state index contributed by atoms with van der Waals surface area (Å²) < 4.78 is 12.3. The number of ether oxygens (including phenoxy) is 2. The van der Waals surface area contributed by atoms with Crippen molar-refractivity contribution in [2.45, 2.75) is 37.6 Å². The summed E-state index contributed by atoms with van der Waals surface area (Å²) in [7, 11) is 0. The maximum absolute atomic E-state index is 14.3. The highest BCUT2D eigenvalue weighted by molar-refractivity contribution is 6.01. The van der Waals surface area contributed by atoms with Crippen molar-refractivity contribution in [3.05, 3.63) is 134 Å². The number of carbonyl (C=O) groups excluding carboxylic acids is 1. The standard InChI is InChI=1S/C31H33N9O4/c1-2-16-34-38-30(42)31(19-23-8-3-4-9-24(23)20-35-39-32)28(27-11-6-5-10-25(27)21-36-40-33)44-29(37-31)22-12-14-26(15-13-22)43-18-7-17-41/h2-6,8-15,28,34,41H,1,7,16-21H2,(H,38,42)/t28-,31-/m0/s1. The second kappa shape index (κ2) is 15.8. The molecule has 0 bridgehead atoms. The molecule has 4 rings (SSSR count). The molecule has 13 heteroatoms. The monoisotopic (exact) mass is 595 g/mol. The van der Waals surface area contributed by atoms with Crippen LogP contribution in [0.5, 0.6) is 5.75 Å². The van der Waals surface area contributed by atoms with Crippen LogP contribution in [0, 0.1) is 0 Å². The molecule has 1 aliphatic rings. The molecule has 3 aromatic carbocycles. The highest BCUT2D eigenvalue weighted by atomic mass is 16.5. The van der Waals surface area contributed by atoms with Crippen molar-refractivity contribution in [1.82, 2.24) is 10.9 Å². The molecular weight excluding hydrogens is 562 g/mol. The van der Waals surface area contributed by atoms with Gasteiger partial charge >= 0.3 is 0 Å². The van der Waals surface area contributed by atoms with E-state index in [-0.39, 0.29) is 32.0 Å². The van der Waals surface area contributed by atoms with Crippen LogP contribution in [0.15, 0.2) is 101 Å². The van der Waals surface area contributed by atoms with Crippen molar-refractivity contribution in [2.75, 3.05) is 19.8 Å². The molecule has 1 heterocycles. The summed E-state index contributed by atoms with van der Waals surface area (Å²) >= 11 is 0. The maximum Gasteiger partial charge on any atom is 0.266 e. The van der Waals surface area contributed by atoms with Crippen molar-refractivity contribution in [1.29, 1.82) is 0 Å². The summed E-state index contributed by atoms with van der Waals surface area (Å²) in [6, 6.07) is 21.8. The van der Waals surface area contributed by atoms with Gasteiger partial charge in [-0.2, -0.15) is 0 Å². The minimum absolute atomic E-state index is 0.0308. The quantitative estimate of drug-likeness (QED) is 0.0500. The minimum Gasteiger partial charge on any atom is -0.494 e. The van der Waals surface area contributed by atoms with E-state index in [1.807, 2.05) is 48.5 Å². The fraction of sp³-hybridized carbons (Fsp3) is 0.290. The van der Waals surface area contributed by atoms with Crippen molar-refractivity contribution < 1.29 is 19.4 Å². The fourth-order valence-corrected chi connectivity index (χ4v) is 4.90. The molecule has 13 nitrogen and oxygen atoms in total. The zero-order chi connectivity index (χ0) is 31.2. The van der Waals surface area contributed by atoms with Crippen LogP contribution in [-0.4, -0.2) is 42.2 Å². The number of aliphatic imine (C=N–C) groups is 1. The van der Waals surface area contributed by atoms with Gasteiger partial charge < -0.3 is 14.6 Å². The van der Waals surface area contributed by atoms with Gasteiger partial charge in [0.15, 0.2) is 11.6 Å². The van der Waals surface area contributed by atoms with Crippen LogP contribution in [0.4, 0.5) is 0 Å². The molecule has 226 valence electrons. The van der Waals surface area contributed by atoms with Gasteiger partial charge in [-0.25, -0.2) is 10.4 Å². The predicted octanol–water partition coefficient (Wildman–Crippen LogP) is 5.37. The van der Waals surface area contributed by atoms with Gasteiger partial charge in [-0.05, 0) is 57.6 Å².